The number of nitrogens with zero attached hydrogens (tertiary/aromatic N) is 1. The van der Waals surface area contributed by atoms with Crippen molar-refractivity contribution in [2.75, 3.05) is 16.8 Å². The van der Waals surface area contributed by atoms with Crippen molar-refractivity contribution in [3.63, 3.8) is 0 Å². The largest absolute Gasteiger partial charge is 0.358 e. The molecular formula is C12H13ClN2O. The number of benzene rings is 1. The van der Waals surface area contributed by atoms with Gasteiger partial charge in [-0.3, -0.25) is 4.79 Å². The lowest BCUT2D eigenvalue weighted by Gasteiger charge is -2.34. The Morgan fingerprint density at radius 1 is 1.50 bits per heavy atom. The van der Waals surface area contributed by atoms with Crippen LogP contribution in [0.25, 0.3) is 0 Å². The molecule has 1 aromatic rings. The van der Waals surface area contributed by atoms with Crippen LogP contribution in [0.2, 0.25) is 5.02 Å². The maximum atomic E-state index is 12.0. The number of anilines is 2. The predicted molar refractivity (Wildman–Crippen MR) is 65.0 cm³/mol. The van der Waals surface area contributed by atoms with Gasteiger partial charge in [-0.15, -0.1) is 0 Å². The van der Waals surface area contributed by atoms with E-state index in [1.807, 2.05) is 18.2 Å². The summed E-state index contributed by atoms with van der Waals surface area (Å²) in [5, 5.41) is 3.59. The van der Waals surface area contributed by atoms with Gasteiger partial charge in [0.25, 0.3) is 0 Å². The molecule has 2 aliphatic rings. The monoisotopic (exact) mass is 236 g/mol. The van der Waals surface area contributed by atoms with Crippen LogP contribution in [0.15, 0.2) is 18.2 Å². The number of rotatable bonds is 0. The maximum absolute atomic E-state index is 12.0. The van der Waals surface area contributed by atoms with Gasteiger partial charge in [-0.25, -0.2) is 0 Å². The Hall–Kier alpha value is -1.22. The molecular weight excluding hydrogens is 224 g/mol. The zero-order chi connectivity index (χ0) is 11.3. The highest BCUT2D eigenvalue weighted by Crippen LogP contribution is 2.39. The summed E-state index contributed by atoms with van der Waals surface area (Å²) in [5.74, 6) is 0.517. The van der Waals surface area contributed by atoms with E-state index in [2.05, 4.69) is 17.1 Å². The molecule has 1 fully saturated rings. The Morgan fingerprint density at radius 3 is 3.12 bits per heavy atom. The molecule has 0 saturated carbocycles. The Balaban J connectivity index is 2.09. The summed E-state index contributed by atoms with van der Waals surface area (Å²) >= 11 is 5.93. The second-order valence-corrected chi connectivity index (χ2v) is 4.99. The van der Waals surface area contributed by atoms with Gasteiger partial charge in [-0.2, -0.15) is 0 Å². The van der Waals surface area contributed by atoms with Crippen LogP contribution in [-0.4, -0.2) is 18.5 Å². The lowest BCUT2D eigenvalue weighted by atomic mass is 10.00. The first-order chi connectivity index (χ1) is 7.66. The third-order valence-electron chi connectivity index (χ3n) is 3.49. The Morgan fingerprint density at radius 2 is 2.31 bits per heavy atom. The number of carbonyl (C=O) groups excluding carboxylic acids is 1. The Labute approximate surface area is 99.4 Å². The minimum absolute atomic E-state index is 0.00586. The highest BCUT2D eigenvalue weighted by atomic mass is 35.5. The number of hydrogen-bond acceptors (Lipinski definition) is 2. The average molecular weight is 237 g/mol. The van der Waals surface area contributed by atoms with Crippen molar-refractivity contribution in [2.45, 2.75) is 19.4 Å². The first-order valence-corrected chi connectivity index (χ1v) is 5.91. The van der Waals surface area contributed by atoms with Crippen LogP contribution >= 0.6 is 11.6 Å². The molecule has 16 heavy (non-hydrogen) atoms. The average Bonchev–Trinajstić information content (AvgIpc) is 2.61. The van der Waals surface area contributed by atoms with Crippen molar-refractivity contribution in [1.29, 1.82) is 0 Å². The molecule has 0 spiro atoms. The SMILES string of the molecule is CC1CCN2c3ccc(Cl)cc3NC(=O)C12. The van der Waals surface area contributed by atoms with Gasteiger partial charge < -0.3 is 10.2 Å². The minimum Gasteiger partial charge on any atom is -0.358 e. The smallest absolute Gasteiger partial charge is 0.247 e. The summed E-state index contributed by atoms with van der Waals surface area (Å²) in [6.45, 7) is 3.08. The van der Waals surface area contributed by atoms with Crippen molar-refractivity contribution in [1.82, 2.24) is 0 Å². The van der Waals surface area contributed by atoms with Gasteiger partial charge in [0, 0.05) is 11.6 Å². The number of amides is 1. The summed E-state index contributed by atoms with van der Waals surface area (Å²) in [6, 6.07) is 5.67. The van der Waals surface area contributed by atoms with Crippen molar-refractivity contribution in [3.8, 4) is 0 Å². The second-order valence-electron chi connectivity index (χ2n) is 4.55. The van der Waals surface area contributed by atoms with Crippen molar-refractivity contribution in [2.24, 2.45) is 5.92 Å². The molecule has 1 aromatic carbocycles. The fourth-order valence-electron chi connectivity index (χ4n) is 2.68. The zero-order valence-electron chi connectivity index (χ0n) is 9.03. The van der Waals surface area contributed by atoms with Crippen LogP contribution in [0.5, 0.6) is 0 Å². The molecule has 0 bridgehead atoms. The molecule has 3 nitrogen and oxygen atoms in total. The van der Waals surface area contributed by atoms with E-state index in [1.54, 1.807) is 0 Å². The molecule has 1 N–H and O–H groups in total. The standard InChI is InChI=1S/C12H13ClN2O/c1-7-4-5-15-10-3-2-8(13)6-9(10)14-12(16)11(7)15/h2-3,6-7,11H,4-5H2,1H3,(H,14,16). The third kappa shape index (κ3) is 1.31. The van der Waals surface area contributed by atoms with Gasteiger partial charge in [0.05, 0.1) is 11.4 Å². The minimum atomic E-state index is -0.00586. The molecule has 1 saturated heterocycles. The lowest BCUT2D eigenvalue weighted by Crippen LogP contribution is -2.46. The fourth-order valence-corrected chi connectivity index (χ4v) is 2.85. The molecule has 3 rings (SSSR count). The molecule has 84 valence electrons. The van der Waals surface area contributed by atoms with E-state index in [9.17, 15) is 4.79 Å². The highest BCUT2D eigenvalue weighted by molar-refractivity contribution is 6.31. The molecule has 0 radical (unpaired) electrons. The van der Waals surface area contributed by atoms with Gasteiger partial charge in [0.2, 0.25) is 5.91 Å². The quantitative estimate of drug-likeness (QED) is 0.751. The molecule has 2 atom stereocenters. The normalized spacial score (nSPS) is 27.4. The number of nitrogens with one attached hydrogen (secondary N) is 1. The van der Waals surface area contributed by atoms with Crippen molar-refractivity contribution in [3.05, 3.63) is 23.2 Å². The first-order valence-electron chi connectivity index (χ1n) is 5.54. The summed E-state index contributed by atoms with van der Waals surface area (Å²) in [4.78, 5) is 14.2. The third-order valence-corrected chi connectivity index (χ3v) is 3.73. The van der Waals surface area contributed by atoms with Gasteiger partial charge in [0.1, 0.15) is 6.04 Å². The van der Waals surface area contributed by atoms with Crippen LogP contribution < -0.4 is 10.2 Å². The van der Waals surface area contributed by atoms with Gasteiger partial charge in [0.15, 0.2) is 0 Å². The van der Waals surface area contributed by atoms with E-state index in [4.69, 9.17) is 11.6 Å². The lowest BCUT2D eigenvalue weighted by molar-refractivity contribution is -0.118. The van der Waals surface area contributed by atoms with E-state index in [0.717, 1.165) is 24.3 Å². The first kappa shape index (κ1) is 9.97. The number of halogens is 1. The van der Waals surface area contributed by atoms with Gasteiger partial charge in [-0.05, 0) is 30.5 Å². The molecule has 1 amide bonds. The van der Waals surface area contributed by atoms with Crippen LogP contribution in [0.1, 0.15) is 13.3 Å². The number of hydrogen-bond donors (Lipinski definition) is 1. The van der Waals surface area contributed by atoms with Gasteiger partial charge in [-0.1, -0.05) is 18.5 Å². The van der Waals surface area contributed by atoms with E-state index in [1.165, 1.54) is 0 Å². The van der Waals surface area contributed by atoms with E-state index < -0.39 is 0 Å². The predicted octanol–water partition coefficient (Wildman–Crippen LogP) is 2.51. The summed E-state index contributed by atoms with van der Waals surface area (Å²) < 4.78 is 0. The number of carbonyl (C=O) groups is 1. The molecule has 4 heteroatoms. The Kier molecular flexibility index (Phi) is 2.11. The maximum Gasteiger partial charge on any atom is 0.247 e. The summed E-state index contributed by atoms with van der Waals surface area (Å²) in [5.41, 5.74) is 1.93. The molecule has 0 aliphatic carbocycles. The van der Waals surface area contributed by atoms with E-state index in [0.29, 0.717) is 10.9 Å². The molecule has 0 aromatic heterocycles. The Bertz CT molecular complexity index is 460. The summed E-state index contributed by atoms with van der Waals surface area (Å²) in [7, 11) is 0. The molecule has 2 aliphatic heterocycles. The van der Waals surface area contributed by atoms with Crippen LogP contribution in [-0.2, 0) is 4.79 Å². The van der Waals surface area contributed by atoms with Crippen molar-refractivity contribution < 1.29 is 4.79 Å². The van der Waals surface area contributed by atoms with Crippen molar-refractivity contribution >= 4 is 28.9 Å². The van der Waals surface area contributed by atoms with Gasteiger partial charge >= 0.3 is 0 Å². The van der Waals surface area contributed by atoms with Crippen LogP contribution in [0.3, 0.4) is 0 Å². The fraction of sp³-hybridized carbons (Fsp3) is 0.417. The number of fused-ring (bicyclic) bond motifs is 3. The van der Waals surface area contributed by atoms with E-state index in [-0.39, 0.29) is 11.9 Å². The zero-order valence-corrected chi connectivity index (χ0v) is 9.79. The summed E-state index contributed by atoms with van der Waals surface area (Å²) in [6.07, 6.45) is 1.07. The molecule has 2 unspecified atom stereocenters. The van der Waals surface area contributed by atoms with Crippen LogP contribution in [0.4, 0.5) is 11.4 Å². The highest BCUT2D eigenvalue weighted by Gasteiger charge is 2.40. The van der Waals surface area contributed by atoms with E-state index >= 15 is 0 Å². The second kappa shape index (κ2) is 3.39. The van der Waals surface area contributed by atoms with Crippen LogP contribution in [0, 0.1) is 5.92 Å². The molecule has 2 heterocycles. The topological polar surface area (TPSA) is 32.3 Å².